The van der Waals surface area contributed by atoms with E-state index in [4.69, 9.17) is 34.8 Å². The van der Waals surface area contributed by atoms with Crippen molar-refractivity contribution in [2.45, 2.75) is 65.1 Å². The number of nitrogens with zero attached hydrogens (tertiary/aromatic N) is 2. The molecule has 3 aromatic carbocycles. The first-order chi connectivity index (χ1) is 20.3. The van der Waals surface area contributed by atoms with Gasteiger partial charge in [-0.15, -0.1) is 0 Å². The molecule has 0 heterocycles. The minimum Gasteiger partial charge on any atom is -0.352 e. The quantitative estimate of drug-likeness (QED) is 0.200. The Labute approximate surface area is 270 Å². The summed E-state index contributed by atoms with van der Waals surface area (Å²) in [6.45, 7) is 5.83. The van der Waals surface area contributed by atoms with Gasteiger partial charge in [0.2, 0.25) is 21.8 Å². The van der Waals surface area contributed by atoms with E-state index in [-0.39, 0.29) is 43.8 Å². The van der Waals surface area contributed by atoms with E-state index in [9.17, 15) is 18.0 Å². The van der Waals surface area contributed by atoms with Crippen LogP contribution in [0, 0.1) is 6.92 Å². The number of anilines is 1. The fourth-order valence-corrected chi connectivity index (χ4v) is 6.18. The third-order valence-electron chi connectivity index (χ3n) is 7.27. The van der Waals surface area contributed by atoms with E-state index in [0.717, 1.165) is 18.2 Å². The number of hydrogen-bond acceptors (Lipinski definition) is 4. The minimum atomic E-state index is -3.66. The second-order valence-electron chi connectivity index (χ2n) is 10.6. The predicted molar refractivity (Wildman–Crippen MR) is 176 cm³/mol. The fourth-order valence-electron chi connectivity index (χ4n) is 4.68. The van der Waals surface area contributed by atoms with Crippen LogP contribution in [0.15, 0.2) is 66.7 Å². The second kappa shape index (κ2) is 15.8. The van der Waals surface area contributed by atoms with Gasteiger partial charge in [-0.1, -0.05) is 84.2 Å². The SMILES string of the molecule is CC[C@@H](C)NC(=O)[C@H](Cc1ccccc1)N(Cc1ccc(Cl)c(Cl)c1)C(=O)CCCN(c1cccc(Cl)c1C)S(C)(=O)=O. The van der Waals surface area contributed by atoms with E-state index in [1.807, 2.05) is 44.2 Å². The standard InChI is InChI=1S/C32H38Cl3N3O4S/c1-5-22(2)36-32(40)30(20-24-11-7-6-8-12-24)37(21-25-16-17-27(34)28(35)19-25)31(39)15-10-18-38(43(4,41)42)29-14-9-13-26(33)23(29)3/h6-9,11-14,16-17,19,22,30H,5,10,15,18,20-21H2,1-4H3,(H,36,40)/t22-,30+/m1/s1. The first-order valence-corrected chi connectivity index (χ1v) is 17.1. The summed E-state index contributed by atoms with van der Waals surface area (Å²) in [4.78, 5) is 29.2. The molecule has 0 aliphatic rings. The average molecular weight is 667 g/mol. The normalized spacial score (nSPS) is 12.8. The van der Waals surface area contributed by atoms with E-state index in [2.05, 4.69) is 5.32 Å². The Bertz CT molecular complexity index is 1520. The van der Waals surface area contributed by atoms with Crippen molar-refractivity contribution in [1.29, 1.82) is 0 Å². The van der Waals surface area contributed by atoms with Gasteiger partial charge in [-0.25, -0.2) is 8.42 Å². The maximum Gasteiger partial charge on any atom is 0.243 e. The van der Waals surface area contributed by atoms with Gasteiger partial charge in [-0.2, -0.15) is 0 Å². The fraction of sp³-hybridized carbons (Fsp3) is 0.375. The summed E-state index contributed by atoms with van der Waals surface area (Å²) in [6, 6.07) is 18.8. The summed E-state index contributed by atoms with van der Waals surface area (Å²) in [7, 11) is -3.66. The van der Waals surface area contributed by atoms with Crippen LogP contribution in [0.25, 0.3) is 0 Å². The van der Waals surface area contributed by atoms with Gasteiger partial charge < -0.3 is 10.2 Å². The summed E-state index contributed by atoms with van der Waals surface area (Å²) in [5.74, 6) is -0.554. The molecule has 0 aliphatic heterocycles. The van der Waals surface area contributed by atoms with Crippen molar-refractivity contribution < 1.29 is 18.0 Å². The Morgan fingerprint density at radius 1 is 0.907 bits per heavy atom. The van der Waals surface area contributed by atoms with E-state index in [1.165, 1.54) is 4.31 Å². The molecule has 0 aromatic heterocycles. The van der Waals surface area contributed by atoms with Crippen LogP contribution in [0.3, 0.4) is 0 Å². The molecule has 1 N–H and O–H groups in total. The summed E-state index contributed by atoms with van der Waals surface area (Å²) < 4.78 is 26.8. The van der Waals surface area contributed by atoms with Crippen molar-refractivity contribution in [3.8, 4) is 0 Å². The Hall–Kier alpha value is -2.78. The lowest BCUT2D eigenvalue weighted by Gasteiger charge is -2.33. The van der Waals surface area contributed by atoms with E-state index < -0.39 is 16.1 Å². The summed E-state index contributed by atoms with van der Waals surface area (Å²) in [5, 5.41) is 4.22. The molecule has 0 fully saturated rings. The third kappa shape index (κ3) is 9.86. The number of carbonyl (C=O) groups is 2. The molecule has 0 saturated carbocycles. The zero-order valence-corrected chi connectivity index (χ0v) is 27.9. The first-order valence-electron chi connectivity index (χ1n) is 14.1. The molecule has 11 heteroatoms. The molecular weight excluding hydrogens is 629 g/mol. The van der Waals surface area contributed by atoms with Gasteiger partial charge >= 0.3 is 0 Å². The number of nitrogens with one attached hydrogen (secondary N) is 1. The molecule has 0 unspecified atom stereocenters. The molecule has 2 atom stereocenters. The molecule has 0 bridgehead atoms. The molecule has 232 valence electrons. The first kappa shape index (κ1) is 34.7. The van der Waals surface area contributed by atoms with Gasteiger partial charge in [0.15, 0.2) is 0 Å². The Morgan fingerprint density at radius 3 is 2.23 bits per heavy atom. The minimum absolute atomic E-state index is 0.00879. The third-order valence-corrected chi connectivity index (χ3v) is 9.60. The highest BCUT2D eigenvalue weighted by molar-refractivity contribution is 7.92. The molecule has 0 aliphatic carbocycles. The monoisotopic (exact) mass is 665 g/mol. The van der Waals surface area contributed by atoms with Crippen molar-refractivity contribution in [1.82, 2.24) is 10.2 Å². The molecule has 0 spiro atoms. The highest BCUT2D eigenvalue weighted by Crippen LogP contribution is 2.29. The van der Waals surface area contributed by atoms with E-state index in [1.54, 1.807) is 48.2 Å². The second-order valence-corrected chi connectivity index (χ2v) is 13.7. The molecule has 7 nitrogen and oxygen atoms in total. The lowest BCUT2D eigenvalue weighted by atomic mass is 10.0. The van der Waals surface area contributed by atoms with Crippen LogP contribution in [-0.4, -0.2) is 50.0 Å². The molecule has 0 saturated heterocycles. The summed E-state index contributed by atoms with van der Waals surface area (Å²) >= 11 is 18.7. The number of halogens is 3. The average Bonchev–Trinajstić information content (AvgIpc) is 2.96. The van der Waals surface area contributed by atoms with Crippen LogP contribution in [0.4, 0.5) is 5.69 Å². The van der Waals surface area contributed by atoms with Crippen molar-refractivity contribution >= 4 is 62.3 Å². The number of rotatable bonds is 14. The highest BCUT2D eigenvalue weighted by atomic mass is 35.5. The Morgan fingerprint density at radius 2 is 1.60 bits per heavy atom. The van der Waals surface area contributed by atoms with Gasteiger partial charge in [0, 0.05) is 37.0 Å². The van der Waals surface area contributed by atoms with Gasteiger partial charge in [-0.05, 0) is 67.6 Å². The number of amides is 2. The number of benzene rings is 3. The molecular formula is C32H38Cl3N3O4S. The molecule has 3 rings (SSSR count). The number of hydrogen-bond donors (Lipinski definition) is 1. The van der Waals surface area contributed by atoms with Crippen molar-refractivity contribution in [2.24, 2.45) is 0 Å². The Balaban J connectivity index is 1.93. The van der Waals surface area contributed by atoms with Crippen molar-refractivity contribution in [3.63, 3.8) is 0 Å². The van der Waals surface area contributed by atoms with E-state index in [0.29, 0.717) is 38.3 Å². The van der Waals surface area contributed by atoms with Crippen LogP contribution < -0.4 is 9.62 Å². The molecule has 43 heavy (non-hydrogen) atoms. The summed E-state index contributed by atoms with van der Waals surface area (Å²) in [5.41, 5.74) is 2.71. The van der Waals surface area contributed by atoms with Gasteiger partial charge in [0.1, 0.15) is 6.04 Å². The van der Waals surface area contributed by atoms with Gasteiger partial charge in [0.25, 0.3) is 0 Å². The lowest BCUT2D eigenvalue weighted by Crippen LogP contribution is -2.52. The zero-order chi connectivity index (χ0) is 31.7. The van der Waals surface area contributed by atoms with Crippen LogP contribution >= 0.6 is 34.8 Å². The summed E-state index contributed by atoms with van der Waals surface area (Å²) in [6.07, 6.45) is 2.39. The van der Waals surface area contributed by atoms with Gasteiger partial charge in [0.05, 0.1) is 22.0 Å². The van der Waals surface area contributed by atoms with Crippen LogP contribution in [0.1, 0.15) is 49.8 Å². The lowest BCUT2D eigenvalue weighted by molar-refractivity contribution is -0.141. The largest absolute Gasteiger partial charge is 0.352 e. The number of carbonyl (C=O) groups excluding carboxylic acids is 2. The predicted octanol–water partition coefficient (Wildman–Crippen LogP) is 7.06. The maximum atomic E-state index is 14.0. The molecule has 0 radical (unpaired) electrons. The smallest absolute Gasteiger partial charge is 0.243 e. The van der Waals surface area contributed by atoms with Crippen molar-refractivity contribution in [3.05, 3.63) is 98.5 Å². The van der Waals surface area contributed by atoms with E-state index >= 15 is 0 Å². The molecule has 3 aromatic rings. The zero-order valence-electron chi connectivity index (χ0n) is 24.8. The van der Waals surface area contributed by atoms with Crippen LogP contribution in [-0.2, 0) is 32.6 Å². The topological polar surface area (TPSA) is 86.8 Å². The number of sulfonamides is 1. The maximum absolute atomic E-state index is 14.0. The van der Waals surface area contributed by atoms with Crippen molar-refractivity contribution in [2.75, 3.05) is 17.1 Å². The van der Waals surface area contributed by atoms with Crippen LogP contribution in [0.2, 0.25) is 15.1 Å². The van der Waals surface area contributed by atoms with Crippen LogP contribution in [0.5, 0.6) is 0 Å². The highest BCUT2D eigenvalue weighted by Gasteiger charge is 2.31. The molecule has 2 amide bonds. The Kier molecular flexibility index (Phi) is 12.8. The van der Waals surface area contributed by atoms with Gasteiger partial charge in [-0.3, -0.25) is 13.9 Å².